The first-order valence-electron chi connectivity index (χ1n) is 10.1. The highest BCUT2D eigenvalue weighted by molar-refractivity contribution is 7.99. The number of nitrogens with one attached hydrogen (secondary N) is 2. The molecule has 0 aliphatic carbocycles. The zero-order valence-corrected chi connectivity index (χ0v) is 18.9. The largest absolute Gasteiger partial charge is 0.463 e. The first-order chi connectivity index (χ1) is 14.3. The first kappa shape index (κ1) is 22.0. The lowest BCUT2D eigenvalue weighted by atomic mass is 9.95. The van der Waals surface area contributed by atoms with Gasteiger partial charge >= 0.3 is 12.0 Å². The van der Waals surface area contributed by atoms with Crippen LogP contribution in [0.4, 0.5) is 4.79 Å². The van der Waals surface area contributed by atoms with Gasteiger partial charge in [-0.1, -0.05) is 36.4 Å². The molecule has 1 atom stereocenters. The van der Waals surface area contributed by atoms with Crippen molar-refractivity contribution in [2.45, 2.75) is 45.6 Å². The molecular formula is C24H28N2O3S. The van der Waals surface area contributed by atoms with Gasteiger partial charge in [-0.15, -0.1) is 11.8 Å². The van der Waals surface area contributed by atoms with E-state index in [0.717, 1.165) is 5.56 Å². The minimum atomic E-state index is -0.545. The van der Waals surface area contributed by atoms with Gasteiger partial charge in [0.2, 0.25) is 0 Å². The van der Waals surface area contributed by atoms with E-state index >= 15 is 0 Å². The molecule has 0 fully saturated rings. The number of carbonyl (C=O) groups is 2. The lowest BCUT2D eigenvalue weighted by Gasteiger charge is -2.29. The second-order valence-corrected chi connectivity index (χ2v) is 8.42. The first-order valence-corrected chi connectivity index (χ1v) is 11.0. The van der Waals surface area contributed by atoms with Crippen LogP contribution in [0.15, 0.2) is 52.6 Å². The number of ether oxygens (including phenoxy) is 1. The standard InChI is InChI=1S/C24H28N2O3S/c1-6-29-23(27)20-19(13-30-22-16(4)14(2)12-15(3)17(22)5)25-24(28)26-21(20)18-10-8-7-9-11-18/h7-12,21H,6,13H2,1-5H3,(H2,25,26,28)/t21-/m1/s1. The zero-order chi connectivity index (χ0) is 21.8. The average molecular weight is 425 g/mol. The minimum absolute atomic E-state index is 0.271. The summed E-state index contributed by atoms with van der Waals surface area (Å²) in [5.41, 5.74) is 6.80. The maximum Gasteiger partial charge on any atom is 0.338 e. The van der Waals surface area contributed by atoms with Gasteiger partial charge in [0, 0.05) is 16.3 Å². The number of amides is 2. The molecule has 30 heavy (non-hydrogen) atoms. The Kier molecular flexibility index (Phi) is 6.87. The lowest BCUT2D eigenvalue weighted by molar-refractivity contribution is -0.139. The van der Waals surface area contributed by atoms with E-state index < -0.39 is 12.0 Å². The van der Waals surface area contributed by atoms with E-state index in [9.17, 15) is 9.59 Å². The highest BCUT2D eigenvalue weighted by Crippen LogP contribution is 2.34. The van der Waals surface area contributed by atoms with Gasteiger partial charge in [-0.2, -0.15) is 0 Å². The molecule has 0 radical (unpaired) electrons. The lowest BCUT2D eigenvalue weighted by Crippen LogP contribution is -2.46. The average Bonchev–Trinajstić information content (AvgIpc) is 2.72. The van der Waals surface area contributed by atoms with Crippen molar-refractivity contribution in [1.82, 2.24) is 10.6 Å². The maximum atomic E-state index is 12.9. The molecule has 2 amide bonds. The van der Waals surface area contributed by atoms with Gasteiger partial charge in [-0.3, -0.25) is 0 Å². The number of carbonyl (C=O) groups excluding carboxylic acids is 2. The fraction of sp³-hybridized carbons (Fsp3) is 0.333. The molecule has 0 saturated carbocycles. The molecule has 158 valence electrons. The Bertz CT molecular complexity index is 973. The van der Waals surface area contributed by atoms with E-state index in [1.807, 2.05) is 30.3 Å². The molecule has 2 aromatic carbocycles. The third kappa shape index (κ3) is 4.54. The van der Waals surface area contributed by atoms with Crippen LogP contribution < -0.4 is 10.6 Å². The van der Waals surface area contributed by atoms with Crippen LogP contribution in [0.2, 0.25) is 0 Å². The predicted molar refractivity (Wildman–Crippen MR) is 121 cm³/mol. The summed E-state index contributed by atoms with van der Waals surface area (Å²) in [4.78, 5) is 26.5. The van der Waals surface area contributed by atoms with Crippen LogP contribution >= 0.6 is 11.8 Å². The number of benzene rings is 2. The molecule has 1 aliphatic heterocycles. The molecule has 0 unspecified atom stereocenters. The zero-order valence-electron chi connectivity index (χ0n) is 18.1. The van der Waals surface area contributed by atoms with Crippen LogP contribution in [0.5, 0.6) is 0 Å². The Labute approximate surface area is 182 Å². The Morgan fingerprint density at radius 1 is 1.07 bits per heavy atom. The Morgan fingerprint density at radius 2 is 1.70 bits per heavy atom. The van der Waals surface area contributed by atoms with Gasteiger partial charge in [0.15, 0.2) is 0 Å². The van der Waals surface area contributed by atoms with Crippen molar-refractivity contribution in [2.75, 3.05) is 12.4 Å². The molecule has 0 aromatic heterocycles. The topological polar surface area (TPSA) is 67.4 Å². The van der Waals surface area contributed by atoms with Crippen LogP contribution in [-0.2, 0) is 9.53 Å². The number of hydrogen-bond acceptors (Lipinski definition) is 4. The van der Waals surface area contributed by atoms with Gasteiger partial charge in [-0.05, 0) is 62.4 Å². The second kappa shape index (κ2) is 9.39. The van der Waals surface area contributed by atoms with Crippen molar-refractivity contribution in [2.24, 2.45) is 0 Å². The van der Waals surface area contributed by atoms with Crippen LogP contribution in [0.25, 0.3) is 0 Å². The molecule has 3 rings (SSSR count). The molecule has 0 spiro atoms. The summed E-state index contributed by atoms with van der Waals surface area (Å²) in [6.07, 6.45) is 0. The number of urea groups is 1. The molecule has 2 N–H and O–H groups in total. The van der Waals surface area contributed by atoms with E-state index in [0.29, 0.717) is 17.0 Å². The summed E-state index contributed by atoms with van der Waals surface area (Å²) in [6, 6.07) is 10.8. The fourth-order valence-corrected chi connectivity index (χ4v) is 4.89. The molecule has 5 nitrogen and oxygen atoms in total. The van der Waals surface area contributed by atoms with Crippen LogP contribution in [-0.4, -0.2) is 24.4 Å². The quantitative estimate of drug-likeness (QED) is 0.512. The summed E-state index contributed by atoms with van der Waals surface area (Å²) in [5.74, 6) is 0.0541. The number of hydrogen-bond donors (Lipinski definition) is 2. The van der Waals surface area contributed by atoms with E-state index in [4.69, 9.17) is 4.74 Å². The van der Waals surface area contributed by atoms with Crippen LogP contribution in [0, 0.1) is 27.7 Å². The van der Waals surface area contributed by atoms with E-state index in [2.05, 4.69) is 44.4 Å². The third-order valence-electron chi connectivity index (χ3n) is 5.44. The van der Waals surface area contributed by atoms with Crippen molar-refractivity contribution in [1.29, 1.82) is 0 Å². The summed E-state index contributed by atoms with van der Waals surface area (Å²) in [5, 5.41) is 5.73. The Hall–Kier alpha value is -2.73. The summed E-state index contributed by atoms with van der Waals surface area (Å²) in [7, 11) is 0. The molecule has 0 saturated heterocycles. The molecular weight excluding hydrogens is 396 g/mol. The van der Waals surface area contributed by atoms with Gasteiger partial charge in [0.05, 0.1) is 18.2 Å². The number of esters is 1. The van der Waals surface area contributed by atoms with Crippen molar-refractivity contribution in [3.05, 3.63) is 75.5 Å². The highest BCUT2D eigenvalue weighted by atomic mass is 32.2. The fourth-order valence-electron chi connectivity index (χ4n) is 3.62. The maximum absolute atomic E-state index is 12.9. The number of aryl methyl sites for hydroxylation is 2. The summed E-state index contributed by atoms with van der Waals surface area (Å²) in [6.45, 7) is 10.5. The van der Waals surface area contributed by atoms with E-state index in [1.165, 1.54) is 27.1 Å². The van der Waals surface area contributed by atoms with Crippen LogP contribution in [0.1, 0.15) is 40.8 Å². The van der Waals surface area contributed by atoms with E-state index in [-0.39, 0.29) is 12.6 Å². The number of rotatable bonds is 6. The summed E-state index contributed by atoms with van der Waals surface area (Å²) >= 11 is 1.64. The molecule has 2 aromatic rings. The van der Waals surface area contributed by atoms with Crippen molar-refractivity contribution >= 4 is 23.8 Å². The molecule has 0 bridgehead atoms. The minimum Gasteiger partial charge on any atom is -0.463 e. The van der Waals surface area contributed by atoms with Crippen molar-refractivity contribution in [3.8, 4) is 0 Å². The smallest absolute Gasteiger partial charge is 0.338 e. The Morgan fingerprint density at radius 3 is 2.30 bits per heavy atom. The van der Waals surface area contributed by atoms with Crippen molar-refractivity contribution in [3.63, 3.8) is 0 Å². The SMILES string of the molecule is CCOC(=O)C1=C(CSc2c(C)c(C)cc(C)c2C)NC(=O)N[C@@H]1c1ccccc1. The monoisotopic (exact) mass is 424 g/mol. The van der Waals surface area contributed by atoms with Gasteiger partial charge in [0.1, 0.15) is 0 Å². The molecule has 1 heterocycles. The molecule has 1 aliphatic rings. The van der Waals surface area contributed by atoms with Gasteiger partial charge in [-0.25, -0.2) is 9.59 Å². The highest BCUT2D eigenvalue weighted by Gasteiger charge is 2.33. The van der Waals surface area contributed by atoms with Gasteiger partial charge < -0.3 is 15.4 Å². The van der Waals surface area contributed by atoms with Crippen LogP contribution in [0.3, 0.4) is 0 Å². The van der Waals surface area contributed by atoms with Gasteiger partial charge in [0.25, 0.3) is 0 Å². The second-order valence-electron chi connectivity index (χ2n) is 7.43. The normalized spacial score (nSPS) is 16.2. The van der Waals surface area contributed by atoms with E-state index in [1.54, 1.807) is 18.7 Å². The number of thioether (sulfide) groups is 1. The third-order valence-corrected chi connectivity index (χ3v) is 6.77. The Balaban J connectivity index is 2.02. The van der Waals surface area contributed by atoms with Crippen molar-refractivity contribution < 1.29 is 14.3 Å². The predicted octanol–water partition coefficient (Wildman–Crippen LogP) is 4.88. The summed E-state index contributed by atoms with van der Waals surface area (Å²) < 4.78 is 5.34. The molecule has 6 heteroatoms.